The predicted molar refractivity (Wildman–Crippen MR) is 85.5 cm³/mol. The minimum atomic E-state index is -0.618. The number of hydrogen-bond acceptors (Lipinski definition) is 6. The van der Waals surface area contributed by atoms with Gasteiger partial charge in [0.15, 0.2) is 0 Å². The van der Waals surface area contributed by atoms with Gasteiger partial charge in [0.05, 0.1) is 12.0 Å². The first kappa shape index (κ1) is 16.2. The van der Waals surface area contributed by atoms with Crippen LogP contribution in [0.1, 0.15) is 16.8 Å². The second-order valence-electron chi connectivity index (χ2n) is 4.93. The number of hydrogen-bond donors (Lipinski definition) is 1. The normalized spacial score (nSPS) is 9.96. The van der Waals surface area contributed by atoms with E-state index in [0.717, 1.165) is 16.9 Å². The van der Waals surface area contributed by atoms with Crippen LogP contribution in [-0.4, -0.2) is 23.6 Å². The lowest BCUT2D eigenvalue weighted by Gasteiger charge is -2.10. The Balaban J connectivity index is 2.06. The lowest BCUT2D eigenvalue weighted by atomic mass is 10.1. The van der Waals surface area contributed by atoms with Gasteiger partial charge >= 0.3 is 5.69 Å². The van der Waals surface area contributed by atoms with E-state index >= 15 is 0 Å². The second kappa shape index (κ2) is 7.22. The van der Waals surface area contributed by atoms with Gasteiger partial charge < -0.3 is 10.1 Å². The summed E-state index contributed by atoms with van der Waals surface area (Å²) < 4.78 is 5.32. The highest BCUT2D eigenvalue weighted by Crippen LogP contribution is 2.21. The Labute approximate surface area is 133 Å². The molecule has 0 aliphatic carbocycles. The molecule has 1 heterocycles. The van der Waals surface area contributed by atoms with E-state index in [2.05, 4.69) is 10.3 Å². The fourth-order valence-corrected chi connectivity index (χ4v) is 2.21. The molecular weight excluding hydrogens is 296 g/mol. The number of rotatable bonds is 6. The first-order valence-corrected chi connectivity index (χ1v) is 6.98. The third kappa shape index (κ3) is 3.95. The molecule has 0 saturated carbocycles. The monoisotopic (exact) mass is 312 g/mol. The molecule has 7 heteroatoms. The number of anilines is 1. The molecule has 0 aliphatic rings. The molecule has 0 bridgehead atoms. The molecule has 118 valence electrons. The maximum atomic E-state index is 10.8. The largest absolute Gasteiger partial charge is 0.496 e. The number of nitriles is 1. The Morgan fingerprint density at radius 3 is 2.83 bits per heavy atom. The van der Waals surface area contributed by atoms with E-state index in [1.54, 1.807) is 13.2 Å². The van der Waals surface area contributed by atoms with Crippen LogP contribution in [0.15, 0.2) is 30.3 Å². The summed E-state index contributed by atoms with van der Waals surface area (Å²) in [4.78, 5) is 14.1. The zero-order valence-corrected chi connectivity index (χ0v) is 12.9. The van der Waals surface area contributed by atoms with Crippen molar-refractivity contribution in [1.29, 1.82) is 5.26 Å². The van der Waals surface area contributed by atoms with E-state index in [-0.39, 0.29) is 11.4 Å². The molecule has 1 N–H and O–H groups in total. The molecule has 2 rings (SSSR count). The summed E-state index contributed by atoms with van der Waals surface area (Å²) in [6.07, 6.45) is 0.700. The fraction of sp³-hybridized carbons (Fsp3) is 0.250. The number of benzene rings is 1. The van der Waals surface area contributed by atoms with Crippen LogP contribution in [0.3, 0.4) is 0 Å². The van der Waals surface area contributed by atoms with Crippen molar-refractivity contribution in [3.8, 4) is 11.8 Å². The highest BCUT2D eigenvalue weighted by molar-refractivity contribution is 5.50. The van der Waals surface area contributed by atoms with Crippen molar-refractivity contribution in [1.82, 2.24) is 4.98 Å². The molecular formula is C16H16N4O3. The third-order valence-electron chi connectivity index (χ3n) is 3.31. The van der Waals surface area contributed by atoms with E-state index in [4.69, 9.17) is 10.00 Å². The molecule has 7 nitrogen and oxygen atoms in total. The number of aryl methyl sites for hydroxylation is 1. The van der Waals surface area contributed by atoms with Gasteiger partial charge in [-0.15, -0.1) is 0 Å². The van der Waals surface area contributed by atoms with E-state index in [1.165, 1.54) is 12.1 Å². The quantitative estimate of drug-likeness (QED) is 0.650. The molecule has 0 fully saturated rings. The predicted octanol–water partition coefficient (Wildman–Crippen LogP) is 2.83. The zero-order chi connectivity index (χ0) is 16.8. The molecule has 23 heavy (non-hydrogen) atoms. The molecule has 0 amide bonds. The van der Waals surface area contributed by atoms with Crippen LogP contribution in [0.5, 0.6) is 5.75 Å². The smallest absolute Gasteiger partial charge is 0.305 e. The molecule has 0 unspecified atom stereocenters. The Bertz CT molecular complexity index is 768. The summed E-state index contributed by atoms with van der Waals surface area (Å²) in [5.41, 5.74) is 1.70. The highest BCUT2D eigenvalue weighted by atomic mass is 16.6. The van der Waals surface area contributed by atoms with Gasteiger partial charge in [0.25, 0.3) is 0 Å². The Morgan fingerprint density at radius 2 is 2.17 bits per heavy atom. The van der Waals surface area contributed by atoms with Crippen molar-refractivity contribution in [3.05, 3.63) is 57.3 Å². The minimum Gasteiger partial charge on any atom is -0.496 e. The van der Waals surface area contributed by atoms with Gasteiger partial charge in [-0.3, -0.25) is 10.1 Å². The van der Waals surface area contributed by atoms with Gasteiger partial charge in [0.1, 0.15) is 17.6 Å². The van der Waals surface area contributed by atoms with Gasteiger partial charge in [0.2, 0.25) is 5.69 Å². The first-order valence-electron chi connectivity index (χ1n) is 6.98. The Kier molecular flexibility index (Phi) is 5.10. The fourth-order valence-electron chi connectivity index (χ4n) is 2.21. The van der Waals surface area contributed by atoms with Gasteiger partial charge in [-0.25, -0.2) is 4.98 Å². The van der Waals surface area contributed by atoms with Gasteiger partial charge in [-0.1, -0.05) is 17.7 Å². The molecule has 0 aliphatic heterocycles. The van der Waals surface area contributed by atoms with Crippen LogP contribution in [0.4, 0.5) is 11.5 Å². The van der Waals surface area contributed by atoms with Crippen molar-refractivity contribution in [3.63, 3.8) is 0 Å². The summed E-state index contributed by atoms with van der Waals surface area (Å²) in [7, 11) is 1.62. The minimum absolute atomic E-state index is 0.201. The maximum Gasteiger partial charge on any atom is 0.305 e. The van der Waals surface area contributed by atoms with E-state index in [9.17, 15) is 10.1 Å². The number of nitrogens with one attached hydrogen (secondary N) is 1. The Morgan fingerprint density at radius 1 is 1.39 bits per heavy atom. The number of ether oxygens (including phenoxy) is 1. The number of nitrogens with zero attached hydrogens (tertiary/aromatic N) is 3. The molecule has 0 spiro atoms. The number of pyridine rings is 1. The molecule has 1 aromatic heterocycles. The van der Waals surface area contributed by atoms with Crippen LogP contribution in [0.2, 0.25) is 0 Å². The average Bonchev–Trinajstić information content (AvgIpc) is 2.54. The van der Waals surface area contributed by atoms with Crippen LogP contribution < -0.4 is 10.1 Å². The van der Waals surface area contributed by atoms with Crippen LogP contribution >= 0.6 is 0 Å². The molecule has 2 aromatic rings. The van der Waals surface area contributed by atoms with Crippen molar-refractivity contribution < 1.29 is 9.66 Å². The first-order chi connectivity index (χ1) is 11.0. The zero-order valence-electron chi connectivity index (χ0n) is 12.9. The number of methoxy groups -OCH3 is 1. The maximum absolute atomic E-state index is 10.8. The van der Waals surface area contributed by atoms with Crippen molar-refractivity contribution in [2.24, 2.45) is 0 Å². The summed E-state index contributed by atoms with van der Waals surface area (Å²) in [5, 5.41) is 22.8. The topological polar surface area (TPSA) is 101 Å². The lowest BCUT2D eigenvalue weighted by molar-refractivity contribution is -0.385. The van der Waals surface area contributed by atoms with Crippen molar-refractivity contribution >= 4 is 11.5 Å². The molecule has 0 atom stereocenters. The van der Waals surface area contributed by atoms with Crippen LogP contribution in [-0.2, 0) is 6.42 Å². The Hall–Kier alpha value is -3.14. The standard InChI is InChI=1S/C16H16N4O3/c1-11-3-5-15(23-2)12(9-11)7-8-18-16-6-4-14(20(21)22)13(10-17)19-16/h3-6,9H,7-8H2,1-2H3,(H,18,19). The van der Waals surface area contributed by atoms with Crippen LogP contribution in [0.25, 0.3) is 0 Å². The lowest BCUT2D eigenvalue weighted by Crippen LogP contribution is -2.08. The number of aromatic nitrogens is 1. The summed E-state index contributed by atoms with van der Waals surface area (Å²) in [6.45, 7) is 2.57. The van der Waals surface area contributed by atoms with Gasteiger partial charge in [0, 0.05) is 12.6 Å². The summed E-state index contributed by atoms with van der Waals surface area (Å²) in [5.74, 6) is 1.24. The van der Waals surface area contributed by atoms with E-state index in [0.29, 0.717) is 18.8 Å². The van der Waals surface area contributed by atoms with Crippen molar-refractivity contribution in [2.45, 2.75) is 13.3 Å². The van der Waals surface area contributed by atoms with E-state index < -0.39 is 4.92 Å². The summed E-state index contributed by atoms with van der Waals surface area (Å²) in [6, 6.07) is 10.5. The number of nitro groups is 1. The van der Waals surface area contributed by atoms with Crippen molar-refractivity contribution in [2.75, 3.05) is 19.0 Å². The average molecular weight is 312 g/mol. The van der Waals surface area contributed by atoms with Gasteiger partial charge in [-0.2, -0.15) is 5.26 Å². The van der Waals surface area contributed by atoms with Crippen LogP contribution in [0, 0.1) is 28.4 Å². The molecule has 1 aromatic carbocycles. The van der Waals surface area contributed by atoms with E-state index in [1.807, 2.05) is 25.1 Å². The highest BCUT2D eigenvalue weighted by Gasteiger charge is 2.15. The molecule has 0 saturated heterocycles. The molecule has 0 radical (unpaired) electrons. The third-order valence-corrected chi connectivity index (χ3v) is 3.31. The second-order valence-corrected chi connectivity index (χ2v) is 4.93. The SMILES string of the molecule is COc1ccc(C)cc1CCNc1ccc([N+](=O)[O-])c(C#N)n1. The summed E-state index contributed by atoms with van der Waals surface area (Å²) >= 11 is 0. The van der Waals surface area contributed by atoms with Gasteiger partial charge in [-0.05, 0) is 31.0 Å².